The van der Waals surface area contributed by atoms with Crippen LogP contribution in [0, 0.1) is 6.92 Å². The second-order valence-corrected chi connectivity index (χ2v) is 10.6. The molecule has 0 amide bonds. The molecule has 27 heavy (non-hydrogen) atoms. The zero-order valence-corrected chi connectivity index (χ0v) is 19.2. The number of hydrogen-bond acceptors (Lipinski definition) is 5. The molecule has 0 aliphatic heterocycles. The fraction of sp³-hybridized carbons (Fsp3) is 0.0526. The quantitative estimate of drug-likeness (QED) is 0.400. The molecule has 0 N–H and O–H groups in total. The van der Waals surface area contributed by atoms with Crippen LogP contribution in [0.1, 0.15) is 5.56 Å². The van der Waals surface area contributed by atoms with Crippen molar-refractivity contribution in [3.05, 3.63) is 96.6 Å². The first-order chi connectivity index (χ1) is 13.0. The van der Waals surface area contributed by atoms with Gasteiger partial charge in [-0.15, -0.1) is 0 Å². The van der Waals surface area contributed by atoms with Crippen LogP contribution in [0.4, 0.5) is 0 Å². The molecule has 0 aliphatic carbocycles. The third-order valence-electron chi connectivity index (χ3n) is 2.91. The SMILES string of the molecule is Cc1ccccc1.O=[P+]([O-])O[P+](=O)[O-].c1cc[c]([Sn+2][c]2ccccc2)cc1. The van der Waals surface area contributed by atoms with E-state index in [1.165, 1.54) is 12.7 Å². The van der Waals surface area contributed by atoms with Crippen molar-refractivity contribution in [2.45, 2.75) is 6.92 Å². The molecule has 2 atom stereocenters. The van der Waals surface area contributed by atoms with Crippen molar-refractivity contribution in [2.75, 3.05) is 0 Å². The fourth-order valence-electron chi connectivity index (χ4n) is 1.80. The summed E-state index contributed by atoms with van der Waals surface area (Å²) in [6.07, 6.45) is 0. The second kappa shape index (κ2) is 14.6. The van der Waals surface area contributed by atoms with Crippen molar-refractivity contribution in [3.8, 4) is 0 Å². The number of aryl methyl sites for hydroxylation is 1. The molecule has 0 radical (unpaired) electrons. The molecule has 0 saturated carbocycles. The Morgan fingerprint density at radius 3 is 1.22 bits per heavy atom. The molecule has 0 heterocycles. The Bertz CT molecular complexity index is 753. The van der Waals surface area contributed by atoms with Crippen molar-refractivity contribution in [3.63, 3.8) is 0 Å². The van der Waals surface area contributed by atoms with Gasteiger partial charge in [-0.3, -0.25) is 0 Å². The van der Waals surface area contributed by atoms with Crippen molar-refractivity contribution < 1.29 is 23.2 Å². The normalized spacial score (nSPS) is 10.2. The van der Waals surface area contributed by atoms with Crippen LogP contribution in [-0.2, 0) is 13.4 Å². The van der Waals surface area contributed by atoms with Crippen LogP contribution in [0.15, 0.2) is 91.0 Å². The molecular weight excluding hydrogens is 489 g/mol. The molecule has 0 fully saturated rings. The first-order valence-electron chi connectivity index (χ1n) is 7.83. The van der Waals surface area contributed by atoms with Crippen LogP contribution in [0.3, 0.4) is 0 Å². The van der Waals surface area contributed by atoms with E-state index in [2.05, 4.69) is 84.0 Å². The molecule has 3 rings (SSSR count). The molecular formula is C19H18O5P2Sn+2. The molecule has 3 aromatic rings. The first-order valence-corrected chi connectivity index (χ1v) is 12.9. The van der Waals surface area contributed by atoms with E-state index in [1.54, 1.807) is 0 Å². The molecule has 5 nitrogen and oxygen atoms in total. The predicted octanol–water partition coefficient (Wildman–Crippen LogP) is 2.38. The Morgan fingerprint density at radius 2 is 1.00 bits per heavy atom. The topological polar surface area (TPSA) is 89.5 Å². The van der Waals surface area contributed by atoms with Crippen molar-refractivity contribution >= 4 is 44.8 Å². The maximum absolute atomic E-state index is 9.24. The monoisotopic (exact) mass is 508 g/mol. The molecule has 0 spiro atoms. The van der Waals surface area contributed by atoms with Crippen LogP contribution < -0.4 is 16.9 Å². The summed E-state index contributed by atoms with van der Waals surface area (Å²) >= 11 is -0.517. The summed E-state index contributed by atoms with van der Waals surface area (Å²) in [5.41, 5.74) is 1.32. The van der Waals surface area contributed by atoms with Gasteiger partial charge in [0, 0.05) is 0 Å². The van der Waals surface area contributed by atoms with Gasteiger partial charge in [0.25, 0.3) is 0 Å². The fourth-order valence-corrected chi connectivity index (χ4v) is 5.24. The third kappa shape index (κ3) is 13.4. The van der Waals surface area contributed by atoms with E-state index in [4.69, 9.17) is 0 Å². The summed E-state index contributed by atoms with van der Waals surface area (Å²) in [5.74, 6) is 0. The van der Waals surface area contributed by atoms with Crippen LogP contribution in [0.25, 0.3) is 0 Å². The summed E-state index contributed by atoms with van der Waals surface area (Å²) < 4.78 is 24.7. The summed E-state index contributed by atoms with van der Waals surface area (Å²) in [4.78, 5) is 18.5. The Morgan fingerprint density at radius 1 is 0.667 bits per heavy atom. The Kier molecular flexibility index (Phi) is 12.7. The van der Waals surface area contributed by atoms with Crippen LogP contribution >= 0.6 is 16.5 Å². The predicted molar refractivity (Wildman–Crippen MR) is 105 cm³/mol. The maximum atomic E-state index is 9.24. The van der Waals surface area contributed by atoms with E-state index < -0.39 is 37.7 Å². The van der Waals surface area contributed by atoms with Gasteiger partial charge in [0.05, 0.1) is 0 Å². The van der Waals surface area contributed by atoms with Gasteiger partial charge in [0.15, 0.2) is 0 Å². The van der Waals surface area contributed by atoms with Crippen molar-refractivity contribution in [2.24, 2.45) is 0 Å². The van der Waals surface area contributed by atoms with Gasteiger partial charge in [0.1, 0.15) is 4.31 Å². The van der Waals surface area contributed by atoms with E-state index in [1.807, 2.05) is 18.2 Å². The van der Waals surface area contributed by atoms with Gasteiger partial charge < -0.3 is 9.79 Å². The van der Waals surface area contributed by atoms with Crippen molar-refractivity contribution in [1.82, 2.24) is 0 Å². The van der Waals surface area contributed by atoms with Gasteiger partial charge in [-0.1, -0.05) is 35.9 Å². The average Bonchev–Trinajstić information content (AvgIpc) is 2.64. The van der Waals surface area contributed by atoms with E-state index >= 15 is 0 Å². The van der Waals surface area contributed by atoms with E-state index in [-0.39, 0.29) is 0 Å². The minimum absolute atomic E-state index is 0.517. The van der Waals surface area contributed by atoms with Crippen LogP contribution in [0.5, 0.6) is 0 Å². The number of hydrogen-bond donors (Lipinski definition) is 0. The van der Waals surface area contributed by atoms with Gasteiger partial charge >= 0.3 is 105 Å². The summed E-state index contributed by atoms with van der Waals surface area (Å²) in [5, 5.41) is 0. The Balaban J connectivity index is 0.000000223. The molecule has 136 valence electrons. The van der Waals surface area contributed by atoms with Gasteiger partial charge in [-0.2, -0.15) is 0 Å². The molecule has 0 aliphatic rings. The van der Waals surface area contributed by atoms with E-state index in [9.17, 15) is 18.9 Å². The summed E-state index contributed by atoms with van der Waals surface area (Å²) in [7, 11) is -6.47. The number of benzene rings is 3. The molecule has 3 aromatic carbocycles. The molecule has 8 heteroatoms. The number of rotatable bonds is 4. The zero-order valence-electron chi connectivity index (χ0n) is 14.6. The summed E-state index contributed by atoms with van der Waals surface area (Å²) in [6.45, 7) is 2.08. The Hall–Kier alpha value is -1.46. The van der Waals surface area contributed by atoms with Gasteiger partial charge in [-0.25, -0.2) is 0 Å². The van der Waals surface area contributed by atoms with Crippen LogP contribution in [-0.4, -0.2) is 21.1 Å². The standard InChI is InChI=1S/C7H8.2C6H5.O5P2.Sn/c1-7-5-3-2-4-6-7;2*1-2-4-6-5-3-1;1-6(2)5-7(3)4;/h2-6H,1H3;2*1-5H;;/q;;;;+2. The van der Waals surface area contributed by atoms with Crippen molar-refractivity contribution in [1.29, 1.82) is 0 Å². The van der Waals surface area contributed by atoms with Gasteiger partial charge in [-0.05, 0) is 16.1 Å². The minimum atomic E-state index is -3.24. The third-order valence-corrected chi connectivity index (χ3v) is 7.53. The second-order valence-electron chi connectivity index (χ2n) is 5.04. The Labute approximate surface area is 171 Å². The summed E-state index contributed by atoms with van der Waals surface area (Å²) in [6, 6.07) is 31.9. The molecule has 0 aromatic heterocycles. The zero-order chi connectivity index (χ0) is 19.9. The molecule has 2 unspecified atom stereocenters. The van der Waals surface area contributed by atoms with Crippen LogP contribution in [0.2, 0.25) is 0 Å². The van der Waals surface area contributed by atoms with E-state index in [0.717, 1.165) is 0 Å². The molecule has 0 saturated heterocycles. The molecule has 0 bridgehead atoms. The van der Waals surface area contributed by atoms with E-state index in [0.29, 0.717) is 0 Å². The van der Waals surface area contributed by atoms with Gasteiger partial charge in [0.2, 0.25) is 0 Å². The first kappa shape index (κ1) is 23.6. The average molecular weight is 507 g/mol.